The molecule has 98 valence electrons. The van der Waals surface area contributed by atoms with E-state index in [4.69, 9.17) is 22.4 Å². The van der Waals surface area contributed by atoms with Crippen molar-refractivity contribution in [3.8, 4) is 0 Å². The third-order valence-electron chi connectivity index (χ3n) is 2.49. The standard InChI is InChI=1S/C13H10ClFN2O2/c14-10-5-7(15)1-4-12(10)17-8-2-3-11(16)9(6-8)13(18)19/h1-6,17H,16H2,(H,18,19). The number of hydrogen-bond acceptors (Lipinski definition) is 3. The fraction of sp³-hybridized carbons (Fsp3) is 0. The van der Waals surface area contributed by atoms with Gasteiger partial charge < -0.3 is 16.2 Å². The molecule has 2 aromatic rings. The minimum atomic E-state index is -1.12. The number of carboxylic acids is 1. The van der Waals surface area contributed by atoms with Crippen molar-refractivity contribution < 1.29 is 14.3 Å². The molecule has 4 N–H and O–H groups in total. The van der Waals surface area contributed by atoms with E-state index < -0.39 is 11.8 Å². The molecule has 2 rings (SSSR count). The van der Waals surface area contributed by atoms with Crippen LogP contribution in [-0.4, -0.2) is 11.1 Å². The maximum absolute atomic E-state index is 12.9. The minimum absolute atomic E-state index is 0.0109. The summed E-state index contributed by atoms with van der Waals surface area (Å²) in [5.41, 5.74) is 6.68. The largest absolute Gasteiger partial charge is 0.478 e. The van der Waals surface area contributed by atoms with Crippen LogP contribution in [0.2, 0.25) is 5.02 Å². The lowest BCUT2D eigenvalue weighted by molar-refractivity contribution is 0.0698. The van der Waals surface area contributed by atoms with Crippen LogP contribution in [0.5, 0.6) is 0 Å². The van der Waals surface area contributed by atoms with E-state index in [2.05, 4.69) is 5.32 Å². The number of aromatic carboxylic acids is 1. The van der Waals surface area contributed by atoms with Gasteiger partial charge in [0.2, 0.25) is 0 Å². The van der Waals surface area contributed by atoms with E-state index in [9.17, 15) is 9.18 Å². The van der Waals surface area contributed by atoms with Gasteiger partial charge in [0.1, 0.15) is 5.82 Å². The zero-order valence-corrected chi connectivity index (χ0v) is 10.4. The third kappa shape index (κ3) is 2.95. The molecule has 0 aliphatic heterocycles. The average molecular weight is 281 g/mol. The van der Waals surface area contributed by atoms with Crippen molar-refractivity contribution in [2.24, 2.45) is 0 Å². The average Bonchev–Trinajstić information content (AvgIpc) is 2.34. The molecule has 19 heavy (non-hydrogen) atoms. The van der Waals surface area contributed by atoms with Crippen molar-refractivity contribution in [3.63, 3.8) is 0 Å². The number of anilines is 3. The number of halogens is 2. The van der Waals surface area contributed by atoms with Crippen LogP contribution < -0.4 is 11.1 Å². The molecule has 0 radical (unpaired) electrons. The van der Waals surface area contributed by atoms with Crippen LogP contribution in [0.4, 0.5) is 21.5 Å². The van der Waals surface area contributed by atoms with E-state index >= 15 is 0 Å². The first kappa shape index (κ1) is 13.2. The fourth-order valence-electron chi connectivity index (χ4n) is 1.57. The molecule has 0 bridgehead atoms. The van der Waals surface area contributed by atoms with Crippen LogP contribution in [0.15, 0.2) is 36.4 Å². The molecule has 0 saturated heterocycles. The topological polar surface area (TPSA) is 75.3 Å². The van der Waals surface area contributed by atoms with Crippen LogP contribution in [0.25, 0.3) is 0 Å². The molecule has 0 unspecified atom stereocenters. The Hall–Kier alpha value is -2.27. The fourth-order valence-corrected chi connectivity index (χ4v) is 1.78. The predicted molar refractivity (Wildman–Crippen MR) is 72.5 cm³/mol. The number of hydrogen-bond donors (Lipinski definition) is 3. The zero-order chi connectivity index (χ0) is 14.0. The molecule has 2 aromatic carbocycles. The van der Waals surface area contributed by atoms with Gasteiger partial charge in [-0.3, -0.25) is 0 Å². The number of carbonyl (C=O) groups is 1. The second-order valence-corrected chi connectivity index (χ2v) is 4.26. The first-order valence-electron chi connectivity index (χ1n) is 5.32. The lowest BCUT2D eigenvalue weighted by Crippen LogP contribution is -2.03. The predicted octanol–water partition coefficient (Wildman–Crippen LogP) is 3.50. The van der Waals surface area contributed by atoms with Crippen LogP contribution >= 0.6 is 11.6 Å². The Morgan fingerprint density at radius 1 is 1.26 bits per heavy atom. The van der Waals surface area contributed by atoms with Gasteiger partial charge in [0.25, 0.3) is 0 Å². The van der Waals surface area contributed by atoms with Crippen LogP contribution in [0, 0.1) is 5.82 Å². The Morgan fingerprint density at radius 3 is 2.63 bits per heavy atom. The molecule has 0 amide bonds. The van der Waals surface area contributed by atoms with E-state index in [1.165, 1.54) is 30.3 Å². The van der Waals surface area contributed by atoms with Crippen LogP contribution in [0.1, 0.15) is 10.4 Å². The summed E-state index contributed by atoms with van der Waals surface area (Å²) in [5.74, 6) is -1.56. The normalized spacial score (nSPS) is 10.2. The molecule has 6 heteroatoms. The zero-order valence-electron chi connectivity index (χ0n) is 9.65. The highest BCUT2D eigenvalue weighted by Crippen LogP contribution is 2.27. The maximum Gasteiger partial charge on any atom is 0.337 e. The van der Waals surface area contributed by atoms with E-state index in [0.717, 1.165) is 0 Å². The summed E-state index contributed by atoms with van der Waals surface area (Å²) in [4.78, 5) is 11.0. The Kier molecular flexibility index (Phi) is 3.57. The number of carboxylic acid groups (broad SMARTS) is 1. The van der Waals surface area contributed by atoms with Gasteiger partial charge in [-0.05, 0) is 36.4 Å². The van der Waals surface area contributed by atoms with Gasteiger partial charge in [0, 0.05) is 11.4 Å². The molecular formula is C13H10ClFN2O2. The highest BCUT2D eigenvalue weighted by molar-refractivity contribution is 6.33. The van der Waals surface area contributed by atoms with Gasteiger partial charge in [-0.2, -0.15) is 0 Å². The highest BCUT2D eigenvalue weighted by Gasteiger charge is 2.09. The summed E-state index contributed by atoms with van der Waals surface area (Å²) in [6.45, 7) is 0. The van der Waals surface area contributed by atoms with Crippen LogP contribution in [0.3, 0.4) is 0 Å². The summed E-state index contributed by atoms with van der Waals surface area (Å²) in [6.07, 6.45) is 0. The molecule has 0 aromatic heterocycles. The first-order valence-corrected chi connectivity index (χ1v) is 5.70. The number of nitrogens with two attached hydrogens (primary N) is 1. The molecule has 0 aliphatic carbocycles. The third-order valence-corrected chi connectivity index (χ3v) is 2.81. The number of benzene rings is 2. The van der Waals surface area contributed by atoms with Gasteiger partial charge in [-0.1, -0.05) is 11.6 Å². The Labute approximate surface area is 113 Å². The smallest absolute Gasteiger partial charge is 0.337 e. The lowest BCUT2D eigenvalue weighted by atomic mass is 10.1. The molecule has 0 spiro atoms. The molecule has 0 saturated carbocycles. The lowest BCUT2D eigenvalue weighted by Gasteiger charge is -2.10. The summed E-state index contributed by atoms with van der Waals surface area (Å²) in [5, 5.41) is 12.1. The maximum atomic E-state index is 12.9. The summed E-state index contributed by atoms with van der Waals surface area (Å²) in [6, 6.07) is 8.36. The first-order chi connectivity index (χ1) is 8.97. The molecule has 0 atom stereocenters. The van der Waals surface area contributed by atoms with Crippen molar-refractivity contribution in [3.05, 3.63) is 52.8 Å². The second kappa shape index (κ2) is 5.16. The second-order valence-electron chi connectivity index (χ2n) is 3.86. The molecule has 0 heterocycles. The summed E-state index contributed by atoms with van der Waals surface area (Å²) < 4.78 is 12.9. The summed E-state index contributed by atoms with van der Waals surface area (Å²) >= 11 is 5.87. The van der Waals surface area contributed by atoms with E-state index in [1.807, 2.05) is 0 Å². The molecule has 0 fully saturated rings. The summed E-state index contributed by atoms with van der Waals surface area (Å²) in [7, 11) is 0. The van der Waals surface area contributed by atoms with E-state index in [0.29, 0.717) is 11.4 Å². The molecular weight excluding hydrogens is 271 g/mol. The molecule has 0 aliphatic rings. The van der Waals surface area contributed by atoms with Gasteiger partial charge in [0.15, 0.2) is 0 Å². The highest BCUT2D eigenvalue weighted by atomic mass is 35.5. The SMILES string of the molecule is Nc1ccc(Nc2ccc(F)cc2Cl)cc1C(=O)O. The number of nitrogens with one attached hydrogen (secondary N) is 1. The number of nitrogen functional groups attached to an aromatic ring is 1. The van der Waals surface area contributed by atoms with Gasteiger partial charge in [-0.15, -0.1) is 0 Å². The Bertz CT molecular complexity index is 647. The van der Waals surface area contributed by atoms with Gasteiger partial charge >= 0.3 is 5.97 Å². The quantitative estimate of drug-likeness (QED) is 0.752. The van der Waals surface area contributed by atoms with E-state index in [1.54, 1.807) is 6.07 Å². The van der Waals surface area contributed by atoms with Crippen molar-refractivity contribution in [1.82, 2.24) is 0 Å². The van der Waals surface area contributed by atoms with Gasteiger partial charge in [-0.25, -0.2) is 9.18 Å². The molecule has 4 nitrogen and oxygen atoms in total. The number of rotatable bonds is 3. The Balaban J connectivity index is 2.33. The minimum Gasteiger partial charge on any atom is -0.478 e. The van der Waals surface area contributed by atoms with Crippen molar-refractivity contribution in [2.45, 2.75) is 0 Å². The van der Waals surface area contributed by atoms with Gasteiger partial charge in [0.05, 0.1) is 16.3 Å². The monoisotopic (exact) mass is 280 g/mol. The van der Waals surface area contributed by atoms with Crippen LogP contribution in [-0.2, 0) is 0 Å². The Morgan fingerprint density at radius 2 is 2.00 bits per heavy atom. The van der Waals surface area contributed by atoms with Crippen molar-refractivity contribution in [2.75, 3.05) is 11.1 Å². The van der Waals surface area contributed by atoms with Crippen molar-refractivity contribution in [1.29, 1.82) is 0 Å². The van der Waals surface area contributed by atoms with E-state index in [-0.39, 0.29) is 16.3 Å². The van der Waals surface area contributed by atoms with Crippen molar-refractivity contribution >= 4 is 34.6 Å².